The molecule has 2 aliphatic heterocycles. The highest BCUT2D eigenvalue weighted by Crippen LogP contribution is 2.39. The third kappa shape index (κ3) is 10.6. The third-order valence-electron chi connectivity index (χ3n) is 8.71. The minimum absolute atomic E-state index is 0.0411. The number of nitrogens with one attached hydrogen (secondary N) is 4. The smallest absolute Gasteiger partial charge is 0.404 e. The fraction of sp³-hybridized carbons (Fsp3) is 0.424. The molecule has 0 aliphatic carbocycles. The SMILES string of the molecule is CC(=O)N[C@@H](Cc1ccc(OP(=O)(O)O)cc1)C(=O)N[C@@H]1CCc2cccc3c2N(C1=O)[C@H](C(=O)N[C@@H](CCC(N)=O)C(=O)N[C@H](C(N)=O)[C@@H](C)O)C3. The molecule has 2 heterocycles. The van der Waals surface area contributed by atoms with Crippen LogP contribution in [-0.4, -0.2) is 92.6 Å². The van der Waals surface area contributed by atoms with E-state index in [1.165, 1.54) is 43.0 Å². The van der Waals surface area contributed by atoms with E-state index in [-0.39, 0.29) is 37.9 Å². The Balaban J connectivity index is 1.56. The van der Waals surface area contributed by atoms with Crippen molar-refractivity contribution in [3.05, 3.63) is 59.2 Å². The van der Waals surface area contributed by atoms with Crippen molar-refractivity contribution in [3.8, 4) is 5.75 Å². The van der Waals surface area contributed by atoms with Crippen molar-refractivity contribution in [1.82, 2.24) is 21.3 Å². The van der Waals surface area contributed by atoms with Crippen molar-refractivity contribution in [2.24, 2.45) is 11.5 Å². The van der Waals surface area contributed by atoms with Gasteiger partial charge in [-0.1, -0.05) is 30.3 Å². The van der Waals surface area contributed by atoms with Crippen LogP contribution in [0.4, 0.5) is 5.69 Å². The van der Waals surface area contributed by atoms with Gasteiger partial charge >= 0.3 is 7.82 Å². The van der Waals surface area contributed by atoms with Crippen molar-refractivity contribution in [1.29, 1.82) is 0 Å². The number of rotatable bonds is 16. The van der Waals surface area contributed by atoms with Crippen molar-refractivity contribution < 1.29 is 57.5 Å². The predicted molar refractivity (Wildman–Crippen MR) is 185 cm³/mol. The summed E-state index contributed by atoms with van der Waals surface area (Å²) < 4.78 is 15.7. The molecule has 7 amide bonds. The molecule has 0 spiro atoms. The molecule has 0 bridgehead atoms. The maximum atomic E-state index is 14.3. The van der Waals surface area contributed by atoms with Crippen molar-refractivity contribution in [2.45, 2.75) is 88.7 Å². The molecule has 0 radical (unpaired) electrons. The fourth-order valence-corrected chi connectivity index (χ4v) is 6.66. The van der Waals surface area contributed by atoms with E-state index in [9.17, 15) is 43.2 Å². The lowest BCUT2D eigenvalue weighted by molar-refractivity contribution is -0.134. The van der Waals surface area contributed by atoms with E-state index < -0.39 is 85.5 Å². The Hall–Kier alpha value is -5.36. The molecule has 53 heavy (non-hydrogen) atoms. The maximum absolute atomic E-state index is 14.3. The third-order valence-corrected chi connectivity index (χ3v) is 9.16. The number of aliphatic hydroxyl groups is 1. The second-order valence-corrected chi connectivity index (χ2v) is 14.0. The largest absolute Gasteiger partial charge is 0.524 e. The second kappa shape index (κ2) is 17.0. The van der Waals surface area contributed by atoms with Crippen LogP contribution in [-0.2, 0) is 57.4 Å². The quantitative estimate of drug-likeness (QED) is 0.0817. The summed E-state index contributed by atoms with van der Waals surface area (Å²) in [6, 6.07) is 4.28. The number of anilines is 1. The fourth-order valence-electron chi connectivity index (χ4n) is 6.27. The van der Waals surface area contributed by atoms with E-state index in [4.69, 9.17) is 21.3 Å². The molecule has 2 aliphatic rings. The van der Waals surface area contributed by atoms with Gasteiger partial charge in [-0.25, -0.2) is 4.57 Å². The zero-order valence-corrected chi connectivity index (χ0v) is 29.7. The Labute approximate surface area is 303 Å². The normalized spacial score (nSPS) is 18.7. The number of carbonyl (C=O) groups is 7. The summed E-state index contributed by atoms with van der Waals surface area (Å²) in [5.74, 6) is -5.55. The van der Waals surface area contributed by atoms with Crippen LogP contribution in [0.2, 0.25) is 0 Å². The van der Waals surface area contributed by atoms with Crippen LogP contribution in [0.1, 0.15) is 49.8 Å². The summed E-state index contributed by atoms with van der Waals surface area (Å²) in [4.78, 5) is 110. The van der Waals surface area contributed by atoms with Gasteiger partial charge in [-0.15, -0.1) is 0 Å². The number of hydrogen-bond acceptors (Lipinski definition) is 10. The predicted octanol–water partition coefficient (Wildman–Crippen LogP) is -2.30. The van der Waals surface area contributed by atoms with E-state index in [1.807, 2.05) is 0 Å². The van der Waals surface area contributed by atoms with E-state index >= 15 is 0 Å². The highest BCUT2D eigenvalue weighted by molar-refractivity contribution is 7.46. The van der Waals surface area contributed by atoms with Crippen molar-refractivity contribution >= 4 is 54.9 Å². The minimum Gasteiger partial charge on any atom is -0.404 e. The number of carbonyl (C=O) groups excluding carboxylic acids is 7. The van der Waals surface area contributed by atoms with Gasteiger partial charge in [0.1, 0.15) is 36.0 Å². The van der Waals surface area contributed by atoms with E-state index in [2.05, 4.69) is 25.8 Å². The molecule has 11 N–H and O–H groups in total. The zero-order valence-electron chi connectivity index (χ0n) is 28.8. The molecule has 20 heteroatoms. The maximum Gasteiger partial charge on any atom is 0.524 e. The average molecular weight is 760 g/mol. The van der Waals surface area contributed by atoms with Gasteiger partial charge in [0, 0.05) is 26.2 Å². The first-order valence-electron chi connectivity index (χ1n) is 16.6. The minimum atomic E-state index is -4.80. The lowest BCUT2D eigenvalue weighted by atomic mass is 10.00. The lowest BCUT2D eigenvalue weighted by Gasteiger charge is -2.30. The molecule has 0 aromatic heterocycles. The first-order valence-corrected chi connectivity index (χ1v) is 18.1. The number of amides is 7. The van der Waals surface area contributed by atoms with Gasteiger partial charge in [0.25, 0.3) is 0 Å². The number of primary amides is 2. The van der Waals surface area contributed by atoms with Gasteiger partial charge in [0.05, 0.1) is 11.8 Å². The first kappa shape index (κ1) is 40.4. The van der Waals surface area contributed by atoms with Crippen LogP contribution in [0.5, 0.6) is 5.75 Å². The van der Waals surface area contributed by atoms with Gasteiger partial charge in [-0.05, 0) is 55.0 Å². The van der Waals surface area contributed by atoms with Crippen LogP contribution < -0.4 is 42.2 Å². The molecule has 19 nitrogen and oxygen atoms in total. The molecule has 2 aromatic carbocycles. The van der Waals surface area contributed by atoms with Crippen LogP contribution in [0.15, 0.2) is 42.5 Å². The number of nitrogens with two attached hydrogens (primary N) is 2. The molecule has 2 aromatic rings. The number of hydrogen-bond donors (Lipinski definition) is 9. The molecule has 0 unspecified atom stereocenters. The van der Waals surface area contributed by atoms with E-state index in [0.29, 0.717) is 23.2 Å². The van der Waals surface area contributed by atoms with Gasteiger partial charge in [-0.2, -0.15) is 0 Å². The van der Waals surface area contributed by atoms with Gasteiger partial charge in [0.2, 0.25) is 41.4 Å². The second-order valence-electron chi connectivity index (χ2n) is 12.8. The lowest BCUT2D eigenvalue weighted by Crippen LogP contribution is -2.60. The summed E-state index contributed by atoms with van der Waals surface area (Å²) in [5.41, 5.74) is 12.9. The number of phosphoric acid groups is 1. The monoisotopic (exact) mass is 759 g/mol. The van der Waals surface area contributed by atoms with Crippen LogP contribution >= 0.6 is 7.82 Å². The van der Waals surface area contributed by atoms with E-state index in [0.717, 1.165) is 5.56 Å². The van der Waals surface area contributed by atoms with Crippen molar-refractivity contribution in [3.63, 3.8) is 0 Å². The Morgan fingerprint density at radius 3 is 2.21 bits per heavy atom. The van der Waals surface area contributed by atoms with Crippen LogP contribution in [0, 0.1) is 0 Å². The summed E-state index contributed by atoms with van der Waals surface area (Å²) in [6.07, 6.45) is -1.56. The van der Waals surface area contributed by atoms with E-state index in [1.54, 1.807) is 18.2 Å². The highest BCUT2D eigenvalue weighted by atomic mass is 31.2. The Bertz CT molecular complexity index is 1820. The van der Waals surface area contributed by atoms with Crippen LogP contribution in [0.25, 0.3) is 0 Å². The molecular weight excluding hydrogens is 717 g/mol. The number of phosphoric ester groups is 1. The van der Waals surface area contributed by atoms with Crippen molar-refractivity contribution in [2.75, 3.05) is 4.90 Å². The standard InChI is InChI=1S/C33H42N7O12P/c1-16(41)27(29(35)44)39-30(45)22(12-13-26(34)43)37-32(47)25-15-20-5-3-4-19-8-11-23(33(48)40(25)28(19)20)38-31(46)24(36-17(2)42)14-18-6-9-21(10-7-18)52-53(49,50)51/h3-7,9-10,16,22-25,27,41H,8,11-15H2,1-2H3,(H2,34,43)(H2,35,44)(H,36,42)(H,37,47)(H,38,46)(H,39,45)(H2,49,50,51)/t16-,22+,23-,24+,25+,27+/m1/s1. The van der Waals surface area contributed by atoms with Gasteiger partial charge in [0.15, 0.2) is 0 Å². The number of aryl methyl sites for hydroxylation is 1. The molecule has 0 fully saturated rings. The molecule has 0 saturated carbocycles. The molecule has 4 rings (SSSR count). The Morgan fingerprint density at radius 2 is 1.62 bits per heavy atom. The first-order chi connectivity index (χ1) is 24.8. The summed E-state index contributed by atoms with van der Waals surface area (Å²) in [7, 11) is -4.80. The Kier molecular flexibility index (Phi) is 12.9. The number of aliphatic hydroxyl groups excluding tert-OH is 1. The van der Waals surface area contributed by atoms with Gasteiger partial charge < -0.3 is 42.4 Å². The molecular formula is C33H42N7O12P. The average Bonchev–Trinajstić information content (AvgIpc) is 3.40. The van der Waals surface area contributed by atoms with Crippen LogP contribution in [0.3, 0.4) is 0 Å². The highest BCUT2D eigenvalue weighted by Gasteiger charge is 2.45. The summed E-state index contributed by atoms with van der Waals surface area (Å²) in [5, 5.41) is 20.0. The number of nitrogens with zero attached hydrogens (tertiary/aromatic N) is 1. The molecule has 0 saturated heterocycles. The summed E-state index contributed by atoms with van der Waals surface area (Å²) in [6.45, 7) is 2.43. The van der Waals surface area contributed by atoms with Gasteiger partial charge in [-0.3, -0.25) is 48.2 Å². The Morgan fingerprint density at radius 1 is 0.962 bits per heavy atom. The zero-order chi connectivity index (χ0) is 39.2. The topological polar surface area (TPSA) is 310 Å². The number of benzene rings is 2. The summed E-state index contributed by atoms with van der Waals surface area (Å²) >= 11 is 0. The molecule has 6 atom stereocenters. The molecule has 286 valence electrons. The number of para-hydroxylation sites is 1.